The van der Waals surface area contributed by atoms with Crippen LogP contribution in [0.4, 0.5) is 10.2 Å². The molecule has 1 saturated heterocycles. The van der Waals surface area contributed by atoms with E-state index in [0.29, 0.717) is 23.0 Å². The number of rotatable bonds is 0. The number of ether oxygens (including phenoxy) is 1. The maximum absolute atomic E-state index is 14.2. The summed E-state index contributed by atoms with van der Waals surface area (Å²) >= 11 is 0. The van der Waals surface area contributed by atoms with E-state index in [1.807, 2.05) is 19.2 Å². The summed E-state index contributed by atoms with van der Waals surface area (Å²) in [6, 6.07) is 3.15. The third-order valence-corrected chi connectivity index (χ3v) is 6.26. The first kappa shape index (κ1) is 16.7. The molecule has 6 rings (SSSR count). The minimum atomic E-state index is -0.383. The maximum atomic E-state index is 14.2. The molecule has 1 N–H and O–H groups in total. The lowest BCUT2D eigenvalue weighted by molar-refractivity contribution is 0.0927. The molecular weight excluding hydrogens is 375 g/mol. The van der Waals surface area contributed by atoms with E-state index in [-0.39, 0.29) is 29.9 Å². The molecule has 1 aliphatic carbocycles. The number of nitrogens with zero attached hydrogens (tertiary/aromatic N) is 5. The van der Waals surface area contributed by atoms with Crippen LogP contribution < -0.4 is 15.0 Å². The van der Waals surface area contributed by atoms with E-state index in [4.69, 9.17) is 9.72 Å². The van der Waals surface area contributed by atoms with Gasteiger partial charge in [-0.25, -0.2) is 18.9 Å². The third kappa shape index (κ3) is 2.30. The van der Waals surface area contributed by atoms with Crippen molar-refractivity contribution in [1.29, 1.82) is 0 Å². The summed E-state index contributed by atoms with van der Waals surface area (Å²) in [5.74, 6) is 0.928. The Morgan fingerprint density at radius 1 is 1.38 bits per heavy atom. The van der Waals surface area contributed by atoms with Crippen LogP contribution in [-0.4, -0.2) is 44.7 Å². The quantitative estimate of drug-likeness (QED) is 0.627. The molecule has 29 heavy (non-hydrogen) atoms. The van der Waals surface area contributed by atoms with Crippen molar-refractivity contribution in [2.24, 2.45) is 5.92 Å². The Balaban J connectivity index is 1.57. The second-order valence-electron chi connectivity index (χ2n) is 8.07. The summed E-state index contributed by atoms with van der Waals surface area (Å²) in [4.78, 5) is 24.0. The number of nitrogens with one attached hydrogen (secondary N) is 1. The Morgan fingerprint density at radius 2 is 2.28 bits per heavy atom. The fraction of sp³-hybridized carbons (Fsp3) is 0.400. The van der Waals surface area contributed by atoms with Crippen LogP contribution in [0.2, 0.25) is 0 Å². The molecule has 5 heterocycles. The van der Waals surface area contributed by atoms with Crippen molar-refractivity contribution >= 4 is 17.4 Å². The van der Waals surface area contributed by atoms with Gasteiger partial charge in [0.25, 0.3) is 5.91 Å². The highest BCUT2D eigenvalue weighted by atomic mass is 19.1. The molecule has 3 atom stereocenters. The van der Waals surface area contributed by atoms with E-state index < -0.39 is 0 Å². The largest absolute Gasteiger partial charge is 0.475 e. The molecule has 8 nitrogen and oxygen atoms in total. The van der Waals surface area contributed by atoms with E-state index in [1.165, 1.54) is 18.5 Å². The second kappa shape index (κ2) is 5.65. The number of piperidine rings is 1. The van der Waals surface area contributed by atoms with Crippen molar-refractivity contribution < 1.29 is 13.9 Å². The van der Waals surface area contributed by atoms with Crippen molar-refractivity contribution in [3.8, 4) is 5.88 Å². The fourth-order valence-electron chi connectivity index (χ4n) is 4.84. The van der Waals surface area contributed by atoms with Gasteiger partial charge in [-0.15, -0.1) is 0 Å². The number of aromatic nitrogens is 4. The summed E-state index contributed by atoms with van der Waals surface area (Å²) in [5, 5.41) is 7.17. The number of halogens is 1. The van der Waals surface area contributed by atoms with Gasteiger partial charge in [-0.05, 0) is 37.8 Å². The minimum Gasteiger partial charge on any atom is -0.475 e. The second-order valence-corrected chi connectivity index (χ2v) is 8.07. The van der Waals surface area contributed by atoms with Crippen LogP contribution in [0.25, 0.3) is 5.65 Å². The average Bonchev–Trinajstić information content (AvgIpc) is 3.09. The zero-order valence-electron chi connectivity index (χ0n) is 15.8. The molecule has 0 radical (unpaired) electrons. The van der Waals surface area contributed by atoms with Crippen molar-refractivity contribution in [3.05, 3.63) is 47.7 Å². The van der Waals surface area contributed by atoms with E-state index in [1.54, 1.807) is 4.52 Å². The lowest BCUT2D eigenvalue weighted by atomic mass is 10.0. The van der Waals surface area contributed by atoms with Crippen LogP contribution in [0, 0.1) is 11.7 Å². The molecule has 1 saturated carbocycles. The maximum Gasteiger partial charge on any atom is 0.257 e. The van der Waals surface area contributed by atoms with Gasteiger partial charge >= 0.3 is 0 Å². The van der Waals surface area contributed by atoms with Crippen LogP contribution in [0.1, 0.15) is 35.7 Å². The zero-order chi connectivity index (χ0) is 19.8. The molecule has 9 heteroatoms. The van der Waals surface area contributed by atoms with Crippen LogP contribution >= 0.6 is 0 Å². The summed E-state index contributed by atoms with van der Waals surface area (Å²) in [6.45, 7) is 2.88. The Kier molecular flexibility index (Phi) is 3.25. The van der Waals surface area contributed by atoms with Gasteiger partial charge in [0, 0.05) is 18.3 Å². The molecule has 0 aromatic carbocycles. The number of fused-ring (bicyclic) bond motifs is 3. The Morgan fingerprint density at radius 3 is 3.14 bits per heavy atom. The molecule has 1 amide bonds. The monoisotopic (exact) mass is 394 g/mol. The van der Waals surface area contributed by atoms with Gasteiger partial charge in [-0.1, -0.05) is 0 Å². The number of carbonyl (C=O) groups excluding carboxylic acids is 1. The highest BCUT2D eigenvalue weighted by molar-refractivity contribution is 6.00. The lowest BCUT2D eigenvalue weighted by Gasteiger charge is -2.31. The first-order valence-corrected chi connectivity index (χ1v) is 9.78. The van der Waals surface area contributed by atoms with Crippen LogP contribution in [-0.2, 0) is 5.54 Å². The van der Waals surface area contributed by atoms with Crippen LogP contribution in [0.5, 0.6) is 5.88 Å². The van der Waals surface area contributed by atoms with Crippen molar-refractivity contribution in [2.45, 2.75) is 31.3 Å². The molecule has 0 unspecified atom stereocenters. The smallest absolute Gasteiger partial charge is 0.257 e. The van der Waals surface area contributed by atoms with Crippen molar-refractivity contribution in [2.75, 3.05) is 18.1 Å². The topological polar surface area (TPSA) is 84.7 Å². The van der Waals surface area contributed by atoms with Gasteiger partial charge in [0.15, 0.2) is 5.65 Å². The first-order valence-electron chi connectivity index (χ1n) is 9.78. The fourth-order valence-corrected chi connectivity index (χ4v) is 4.84. The van der Waals surface area contributed by atoms with Crippen LogP contribution in [0.3, 0.4) is 0 Å². The summed E-state index contributed by atoms with van der Waals surface area (Å²) in [5.41, 5.74) is 1.31. The van der Waals surface area contributed by atoms with Gasteiger partial charge in [-0.3, -0.25) is 4.79 Å². The zero-order valence-corrected chi connectivity index (χ0v) is 15.8. The number of hydrogen-bond acceptors (Lipinski definition) is 6. The molecule has 148 valence electrons. The lowest BCUT2D eigenvalue weighted by Crippen LogP contribution is -2.37. The number of carbonyl (C=O) groups is 1. The summed E-state index contributed by atoms with van der Waals surface area (Å²) < 4.78 is 21.8. The van der Waals surface area contributed by atoms with Gasteiger partial charge in [0.05, 0.1) is 24.0 Å². The number of amides is 1. The molecule has 2 bridgehead atoms. The predicted octanol–water partition coefficient (Wildman–Crippen LogP) is 1.90. The number of pyridine rings is 1. The first-order chi connectivity index (χ1) is 14.1. The molecule has 1 spiro atoms. The number of anilines is 1. The van der Waals surface area contributed by atoms with Gasteiger partial charge in [0.2, 0.25) is 5.88 Å². The standard InChI is InChI=1S/C20H19FN6O2/c1-11-10-29-19-15(6-13(21)8-22-19)20-7-12(20)2-4-26(20)16-3-5-27-17(25-16)14(9-23-27)18(28)24-11/h3,5-6,8-9,11-12H,2,4,7,10H2,1H3,(H,24,28)/t11-,12+,20-/m1/s1. The SMILES string of the molecule is C[C@@H]1COc2ncc(F)cc2[C@@]23C[C@@H]2CCN3c2ccn3ncc(c3n2)C(=O)N1. The Hall–Kier alpha value is -3.23. The van der Waals surface area contributed by atoms with E-state index >= 15 is 0 Å². The normalized spacial score (nSPS) is 27.8. The van der Waals surface area contributed by atoms with Gasteiger partial charge in [0.1, 0.15) is 23.8 Å². The molecule has 2 fully saturated rings. The predicted molar refractivity (Wildman–Crippen MR) is 101 cm³/mol. The molecule has 2 aliphatic heterocycles. The van der Waals surface area contributed by atoms with Crippen molar-refractivity contribution in [1.82, 2.24) is 24.9 Å². The highest BCUT2D eigenvalue weighted by Gasteiger charge is 2.65. The minimum absolute atomic E-state index is 0.230. The van der Waals surface area contributed by atoms with Crippen LogP contribution in [0.15, 0.2) is 30.7 Å². The van der Waals surface area contributed by atoms with Crippen molar-refractivity contribution in [3.63, 3.8) is 0 Å². The highest BCUT2D eigenvalue weighted by Crippen LogP contribution is 2.64. The summed E-state index contributed by atoms with van der Waals surface area (Å²) in [7, 11) is 0. The van der Waals surface area contributed by atoms with Gasteiger partial charge in [-0.2, -0.15) is 5.10 Å². The van der Waals surface area contributed by atoms with Gasteiger partial charge < -0.3 is 15.0 Å². The number of hydrogen-bond donors (Lipinski definition) is 1. The molecule has 3 aromatic rings. The third-order valence-electron chi connectivity index (χ3n) is 6.26. The van der Waals surface area contributed by atoms with E-state index in [2.05, 4.69) is 20.3 Å². The molecule has 3 aromatic heterocycles. The molecule has 3 aliphatic rings. The Bertz CT molecular complexity index is 1160. The van der Waals surface area contributed by atoms with E-state index in [9.17, 15) is 9.18 Å². The summed E-state index contributed by atoms with van der Waals surface area (Å²) in [6.07, 6.45) is 6.41. The Labute approximate surface area is 165 Å². The molecular formula is C20H19FN6O2. The van der Waals surface area contributed by atoms with E-state index in [0.717, 1.165) is 30.8 Å². The average molecular weight is 394 g/mol.